The Morgan fingerprint density at radius 2 is 1.32 bits per heavy atom. The zero-order valence-electron chi connectivity index (χ0n) is 31.6. The van der Waals surface area contributed by atoms with E-state index in [1.165, 1.54) is 0 Å². The maximum atomic E-state index is 11.6. The number of carbonyl (C=O) groups excluding carboxylic acids is 4. The standard InChI is InChI=1S/C16H34N2O5.C7H14N4O3.C7H8O.C2H6.2CH3.Y/c1-14(2)15(3)18-16(19)4-6-20-8-10-22-12-13-23-11-9-21-7-5-17;8-6(13)5(11-4-12)2-1-3-10-7(9)14;8-6-7-4-2-1-3-5-7;1-2;;;/h14-15H,4-13,17H2,1-3H3,(H,18,19);4-5H,1-3H2,(H2,8,13)(H,11,12)(H3,9,10,14);1-5,8H,6H2;1-2H3;2*1H3;/q;;;;2*-1;. The van der Waals surface area contributed by atoms with E-state index in [1.54, 1.807) is 0 Å². The number of aliphatic hydroxyl groups is 1. The van der Waals surface area contributed by atoms with E-state index in [4.69, 9.17) is 41.3 Å². The topological polar surface area (TPSA) is 240 Å². The van der Waals surface area contributed by atoms with Gasteiger partial charge in [0.25, 0.3) is 0 Å². The van der Waals surface area contributed by atoms with Gasteiger partial charge in [-0.25, -0.2) is 4.79 Å². The first kappa shape index (κ1) is 59.9. The Morgan fingerprint density at radius 1 is 0.840 bits per heavy atom. The number of urea groups is 1. The molecule has 293 valence electrons. The summed E-state index contributed by atoms with van der Waals surface area (Å²) in [4.78, 5) is 42.6. The van der Waals surface area contributed by atoms with Crippen LogP contribution in [0.5, 0.6) is 0 Å². The second-order valence-electron chi connectivity index (χ2n) is 9.90. The number of nitrogens with two attached hydrogens (primary N) is 3. The summed E-state index contributed by atoms with van der Waals surface area (Å²) < 4.78 is 21.2. The molecule has 2 unspecified atom stereocenters. The molecule has 0 aromatic heterocycles. The SMILES string of the molecule is CC.CC(C)C(C)NC(=O)CCOCCOCCOCCOCCN.NC(=O)NCCCC(NC=O)C(N)=O.OCc1ccccc1.[CH3-].[CH3-].[Y]. The van der Waals surface area contributed by atoms with Crippen LogP contribution in [0.4, 0.5) is 4.79 Å². The average Bonchev–Trinajstić information content (AvgIpc) is 3.06. The van der Waals surface area contributed by atoms with Gasteiger partial charge in [0.05, 0.1) is 59.5 Å². The van der Waals surface area contributed by atoms with Crippen LogP contribution in [0.3, 0.4) is 0 Å². The molecule has 0 aliphatic heterocycles. The molecule has 1 rings (SSSR count). The van der Waals surface area contributed by atoms with Crippen molar-refractivity contribution in [2.75, 3.05) is 65.9 Å². The number of hydrogen-bond acceptors (Lipinski definition) is 10. The third-order valence-corrected chi connectivity index (χ3v) is 5.85. The molecule has 0 spiro atoms. The Labute approximate surface area is 327 Å². The summed E-state index contributed by atoms with van der Waals surface area (Å²) in [7, 11) is 0. The van der Waals surface area contributed by atoms with Gasteiger partial charge in [0.1, 0.15) is 6.04 Å². The van der Waals surface area contributed by atoms with Crippen molar-refractivity contribution < 1.29 is 75.9 Å². The third kappa shape index (κ3) is 45.8. The largest absolute Gasteiger partial charge is 0.392 e. The number of carbonyl (C=O) groups is 4. The molecule has 1 radical (unpaired) electrons. The van der Waals surface area contributed by atoms with Crippen LogP contribution in [0.2, 0.25) is 0 Å². The van der Waals surface area contributed by atoms with Crippen molar-refractivity contribution in [2.45, 2.75) is 72.6 Å². The van der Waals surface area contributed by atoms with Gasteiger partial charge >= 0.3 is 6.03 Å². The Kier molecular flexibility index (Phi) is 56.0. The van der Waals surface area contributed by atoms with Crippen molar-refractivity contribution in [3.05, 3.63) is 50.7 Å². The predicted molar refractivity (Wildman–Crippen MR) is 195 cm³/mol. The first-order valence-corrected chi connectivity index (χ1v) is 16.1. The molecule has 10 N–H and O–H groups in total. The zero-order chi connectivity index (χ0) is 36.1. The van der Waals surface area contributed by atoms with Gasteiger partial charge in [0, 0.05) is 58.3 Å². The van der Waals surface area contributed by atoms with E-state index in [2.05, 4.69) is 29.8 Å². The summed E-state index contributed by atoms with van der Waals surface area (Å²) in [5, 5.41) is 16.1. The fourth-order valence-electron chi connectivity index (χ4n) is 2.99. The van der Waals surface area contributed by atoms with Crippen LogP contribution >= 0.6 is 0 Å². The van der Waals surface area contributed by atoms with Crippen LogP contribution in [0.25, 0.3) is 0 Å². The van der Waals surface area contributed by atoms with Crippen molar-refractivity contribution in [3.8, 4) is 0 Å². The van der Waals surface area contributed by atoms with E-state index >= 15 is 0 Å². The third-order valence-electron chi connectivity index (χ3n) is 5.85. The van der Waals surface area contributed by atoms with Gasteiger partial charge in [-0.15, -0.1) is 0 Å². The molecule has 50 heavy (non-hydrogen) atoms. The monoisotopic (exact) mass is 793 g/mol. The Bertz CT molecular complexity index is 875. The van der Waals surface area contributed by atoms with E-state index in [-0.39, 0.29) is 66.1 Å². The maximum absolute atomic E-state index is 11.6. The molecule has 0 heterocycles. The van der Waals surface area contributed by atoms with Crippen molar-refractivity contribution in [1.82, 2.24) is 16.0 Å². The first-order valence-electron chi connectivity index (χ1n) is 16.1. The van der Waals surface area contributed by atoms with Crippen LogP contribution in [0.1, 0.15) is 59.4 Å². The fraction of sp³-hybridized carbons (Fsp3) is 0.647. The summed E-state index contributed by atoms with van der Waals surface area (Å²) >= 11 is 0. The average molecular weight is 794 g/mol. The normalized spacial score (nSPS) is 10.6. The summed E-state index contributed by atoms with van der Waals surface area (Å²) in [6.45, 7) is 15.3. The first-order chi connectivity index (χ1) is 22.6. The molecule has 1 aromatic carbocycles. The van der Waals surface area contributed by atoms with Crippen LogP contribution in [0.15, 0.2) is 30.3 Å². The van der Waals surface area contributed by atoms with E-state index < -0.39 is 18.0 Å². The zero-order valence-corrected chi connectivity index (χ0v) is 34.5. The Hall–Kier alpha value is -2.24. The molecule has 0 saturated heterocycles. The van der Waals surface area contributed by atoms with Gasteiger partial charge in [-0.05, 0) is 31.2 Å². The summed E-state index contributed by atoms with van der Waals surface area (Å²) in [6.07, 6.45) is 1.67. The van der Waals surface area contributed by atoms with Crippen molar-refractivity contribution in [2.24, 2.45) is 23.1 Å². The number of primary amides is 2. The van der Waals surface area contributed by atoms with Crippen molar-refractivity contribution in [3.63, 3.8) is 0 Å². The second-order valence-corrected chi connectivity index (χ2v) is 9.90. The number of ether oxygens (including phenoxy) is 4. The number of benzene rings is 1. The smallest absolute Gasteiger partial charge is 0.312 e. The number of amides is 5. The summed E-state index contributed by atoms with van der Waals surface area (Å²) in [6, 6.07) is 8.40. The van der Waals surface area contributed by atoms with E-state index in [0.717, 1.165) is 5.56 Å². The molecule has 0 saturated carbocycles. The minimum atomic E-state index is -0.692. The minimum Gasteiger partial charge on any atom is -0.392 e. The number of nitrogens with one attached hydrogen (secondary N) is 3. The number of aliphatic hydroxyl groups excluding tert-OH is 1. The molecular weight excluding hydrogens is 725 g/mol. The van der Waals surface area contributed by atoms with Gasteiger partial charge in [-0.3, -0.25) is 14.4 Å². The van der Waals surface area contributed by atoms with Crippen LogP contribution in [-0.2, 0) is 72.6 Å². The van der Waals surface area contributed by atoms with Gasteiger partial charge in [-0.1, -0.05) is 58.0 Å². The van der Waals surface area contributed by atoms with E-state index in [9.17, 15) is 19.2 Å². The molecule has 5 amide bonds. The van der Waals surface area contributed by atoms with Crippen LogP contribution in [0, 0.1) is 20.8 Å². The Morgan fingerprint density at radius 3 is 1.70 bits per heavy atom. The quantitative estimate of drug-likeness (QED) is 0.0454. The summed E-state index contributed by atoms with van der Waals surface area (Å²) in [5.41, 5.74) is 16.1. The molecule has 16 heteroatoms. The molecule has 2 atom stereocenters. The van der Waals surface area contributed by atoms with Gasteiger partial charge < -0.3 is 72.1 Å². The Balaban J connectivity index is -0.000000153. The number of rotatable bonds is 24. The van der Waals surface area contributed by atoms with Crippen molar-refractivity contribution in [1.29, 1.82) is 0 Å². The summed E-state index contributed by atoms with van der Waals surface area (Å²) in [5.74, 6) is -0.142. The predicted octanol–water partition coefficient (Wildman–Crippen LogP) is 1.70. The van der Waals surface area contributed by atoms with Crippen LogP contribution in [-0.4, -0.2) is 107 Å². The molecule has 1 aromatic rings. The van der Waals surface area contributed by atoms with E-state index in [1.807, 2.05) is 51.1 Å². The molecule has 0 aliphatic rings. The molecule has 15 nitrogen and oxygen atoms in total. The maximum Gasteiger partial charge on any atom is 0.312 e. The fourth-order valence-corrected chi connectivity index (χ4v) is 2.99. The minimum absolute atomic E-state index is 0. The second kappa shape index (κ2) is 46.8. The van der Waals surface area contributed by atoms with Crippen molar-refractivity contribution >= 4 is 24.3 Å². The van der Waals surface area contributed by atoms with E-state index in [0.29, 0.717) is 97.5 Å². The molecular formula is C34H68N6O9Y-2. The van der Waals surface area contributed by atoms with Gasteiger partial charge in [-0.2, -0.15) is 0 Å². The molecule has 0 fully saturated rings. The molecule has 0 bridgehead atoms. The van der Waals surface area contributed by atoms with Gasteiger partial charge in [0.2, 0.25) is 18.2 Å². The van der Waals surface area contributed by atoms with Crippen LogP contribution < -0.4 is 33.2 Å². The van der Waals surface area contributed by atoms with Gasteiger partial charge in [0.15, 0.2) is 0 Å². The number of hydrogen-bond donors (Lipinski definition) is 7. The molecule has 0 aliphatic carbocycles.